The van der Waals surface area contributed by atoms with Gasteiger partial charge in [-0.3, -0.25) is 0 Å². The molecule has 0 amide bonds. The molecule has 0 spiro atoms. The monoisotopic (exact) mass is 384 g/mol. The van der Waals surface area contributed by atoms with Crippen LogP contribution in [-0.2, 0) is 0 Å². The van der Waals surface area contributed by atoms with Crippen LogP contribution >= 0.6 is 0 Å². The molecule has 29 heavy (non-hydrogen) atoms. The van der Waals surface area contributed by atoms with Crippen LogP contribution < -0.4 is 5.73 Å². The summed E-state index contributed by atoms with van der Waals surface area (Å²) in [6, 6.07) is 20.9. The highest BCUT2D eigenvalue weighted by Crippen LogP contribution is 2.36. The van der Waals surface area contributed by atoms with E-state index < -0.39 is 0 Å². The zero-order chi connectivity index (χ0) is 20.8. The fourth-order valence-corrected chi connectivity index (χ4v) is 3.54. The Labute approximate surface area is 171 Å². The summed E-state index contributed by atoms with van der Waals surface area (Å²) in [5.74, 6) is -0.272. The molecule has 3 aromatic carbocycles. The van der Waals surface area contributed by atoms with E-state index in [2.05, 4.69) is 6.92 Å². The number of hydrogen-bond donors (Lipinski definition) is 2. The Balaban J connectivity index is 2.33. The van der Waals surface area contributed by atoms with Gasteiger partial charge in [0.2, 0.25) is 0 Å². The molecule has 3 aromatic rings. The van der Waals surface area contributed by atoms with Crippen molar-refractivity contribution in [3.63, 3.8) is 0 Å². The zero-order valence-electron chi connectivity index (χ0n) is 16.7. The Bertz CT molecular complexity index is 1080. The Morgan fingerprint density at radius 2 is 1.76 bits per heavy atom. The SMILES string of the molecule is C/C=C/c1ccc(/C(=C(/CC)c2ccccc2)c2ccc(N)c(C=N)c2)c(F)c1. The van der Waals surface area contributed by atoms with Gasteiger partial charge in [0.25, 0.3) is 0 Å². The van der Waals surface area contributed by atoms with Gasteiger partial charge in [0.1, 0.15) is 5.82 Å². The van der Waals surface area contributed by atoms with Crippen molar-refractivity contribution in [3.05, 3.63) is 106 Å². The van der Waals surface area contributed by atoms with Gasteiger partial charge in [-0.15, -0.1) is 0 Å². The molecular formula is C26H25FN2. The van der Waals surface area contributed by atoms with E-state index in [1.165, 1.54) is 6.21 Å². The number of hydrogen-bond acceptors (Lipinski definition) is 2. The van der Waals surface area contributed by atoms with Crippen molar-refractivity contribution in [3.8, 4) is 0 Å². The van der Waals surface area contributed by atoms with Crippen LogP contribution in [0.1, 0.15) is 48.1 Å². The highest BCUT2D eigenvalue weighted by molar-refractivity contribution is 6.00. The lowest BCUT2D eigenvalue weighted by atomic mass is 9.87. The number of nitrogens with two attached hydrogens (primary N) is 1. The van der Waals surface area contributed by atoms with Gasteiger partial charge in [0, 0.05) is 23.0 Å². The first kappa shape index (κ1) is 20.3. The molecule has 0 radical (unpaired) electrons. The average Bonchev–Trinajstić information content (AvgIpc) is 2.74. The van der Waals surface area contributed by atoms with Crippen LogP contribution in [0.4, 0.5) is 10.1 Å². The molecule has 0 bridgehead atoms. The van der Waals surface area contributed by atoms with E-state index >= 15 is 4.39 Å². The summed E-state index contributed by atoms with van der Waals surface area (Å²) in [6.45, 7) is 3.98. The molecule has 0 saturated carbocycles. The molecule has 0 fully saturated rings. The second kappa shape index (κ2) is 9.16. The van der Waals surface area contributed by atoms with Gasteiger partial charge >= 0.3 is 0 Å². The molecular weight excluding hydrogens is 359 g/mol. The summed E-state index contributed by atoms with van der Waals surface area (Å²) in [5, 5.41) is 7.66. The summed E-state index contributed by atoms with van der Waals surface area (Å²) in [6.07, 6.45) is 5.74. The van der Waals surface area contributed by atoms with Crippen molar-refractivity contribution >= 4 is 29.1 Å². The van der Waals surface area contributed by atoms with Crippen molar-refractivity contribution in [2.75, 3.05) is 5.73 Å². The van der Waals surface area contributed by atoms with E-state index in [1.807, 2.05) is 73.7 Å². The highest BCUT2D eigenvalue weighted by Gasteiger charge is 2.17. The lowest BCUT2D eigenvalue weighted by Gasteiger charge is -2.18. The molecule has 3 rings (SSSR count). The molecule has 0 aromatic heterocycles. The third-order valence-electron chi connectivity index (χ3n) is 4.93. The predicted octanol–water partition coefficient (Wildman–Crippen LogP) is 6.81. The maximum atomic E-state index is 15.2. The summed E-state index contributed by atoms with van der Waals surface area (Å²) in [4.78, 5) is 0. The maximum absolute atomic E-state index is 15.2. The topological polar surface area (TPSA) is 49.9 Å². The Morgan fingerprint density at radius 1 is 1.00 bits per heavy atom. The highest BCUT2D eigenvalue weighted by atomic mass is 19.1. The number of nitrogens with one attached hydrogen (secondary N) is 1. The minimum Gasteiger partial charge on any atom is -0.398 e. The van der Waals surface area contributed by atoms with Crippen molar-refractivity contribution < 1.29 is 4.39 Å². The van der Waals surface area contributed by atoms with Gasteiger partial charge in [-0.05, 0) is 59.4 Å². The van der Waals surface area contributed by atoms with E-state index in [4.69, 9.17) is 11.1 Å². The maximum Gasteiger partial charge on any atom is 0.131 e. The lowest BCUT2D eigenvalue weighted by Crippen LogP contribution is -2.00. The summed E-state index contributed by atoms with van der Waals surface area (Å²) in [7, 11) is 0. The quantitative estimate of drug-likeness (QED) is 0.274. The number of benzene rings is 3. The van der Waals surface area contributed by atoms with E-state index in [9.17, 15) is 0 Å². The third kappa shape index (κ3) is 4.35. The van der Waals surface area contributed by atoms with E-state index in [0.717, 1.165) is 34.3 Å². The van der Waals surface area contributed by atoms with Gasteiger partial charge in [0.15, 0.2) is 0 Å². The number of rotatable bonds is 6. The van der Waals surface area contributed by atoms with Crippen LogP contribution in [0.2, 0.25) is 0 Å². The molecule has 146 valence electrons. The van der Waals surface area contributed by atoms with E-state index in [0.29, 0.717) is 16.8 Å². The van der Waals surface area contributed by atoms with Gasteiger partial charge in [-0.1, -0.05) is 67.6 Å². The van der Waals surface area contributed by atoms with Crippen LogP contribution in [0, 0.1) is 11.2 Å². The second-order valence-electron chi connectivity index (χ2n) is 6.80. The molecule has 0 atom stereocenters. The van der Waals surface area contributed by atoms with E-state index in [-0.39, 0.29) is 5.82 Å². The number of allylic oxidation sites excluding steroid dienone is 2. The minimum atomic E-state index is -0.272. The fourth-order valence-electron chi connectivity index (χ4n) is 3.54. The van der Waals surface area contributed by atoms with Gasteiger partial charge in [0.05, 0.1) is 0 Å². The Morgan fingerprint density at radius 3 is 2.38 bits per heavy atom. The molecule has 0 aliphatic carbocycles. The fraction of sp³-hybridized carbons (Fsp3) is 0.115. The minimum absolute atomic E-state index is 0.272. The van der Waals surface area contributed by atoms with E-state index in [1.54, 1.807) is 12.1 Å². The predicted molar refractivity (Wildman–Crippen MR) is 122 cm³/mol. The Kier molecular flexibility index (Phi) is 6.40. The van der Waals surface area contributed by atoms with Crippen LogP contribution in [0.3, 0.4) is 0 Å². The molecule has 3 heteroatoms. The number of halogens is 1. The number of anilines is 1. The van der Waals surface area contributed by atoms with Crippen LogP contribution in [0.25, 0.3) is 17.2 Å². The lowest BCUT2D eigenvalue weighted by molar-refractivity contribution is 0.624. The molecule has 0 aliphatic heterocycles. The van der Waals surface area contributed by atoms with Gasteiger partial charge in [-0.2, -0.15) is 0 Å². The summed E-state index contributed by atoms with van der Waals surface area (Å²) in [5.41, 5.74) is 12.3. The summed E-state index contributed by atoms with van der Waals surface area (Å²) < 4.78 is 15.2. The molecule has 0 heterocycles. The van der Waals surface area contributed by atoms with Crippen molar-refractivity contribution in [2.45, 2.75) is 20.3 Å². The molecule has 0 saturated heterocycles. The third-order valence-corrected chi connectivity index (χ3v) is 4.93. The van der Waals surface area contributed by atoms with Crippen molar-refractivity contribution in [1.82, 2.24) is 0 Å². The smallest absolute Gasteiger partial charge is 0.131 e. The first-order valence-corrected chi connectivity index (χ1v) is 9.70. The largest absolute Gasteiger partial charge is 0.398 e. The van der Waals surface area contributed by atoms with Gasteiger partial charge < -0.3 is 11.1 Å². The summed E-state index contributed by atoms with van der Waals surface area (Å²) >= 11 is 0. The standard InChI is InChI=1S/C26H25FN2/c1-3-8-18-11-13-23(24(27)15-18)26(20-12-14-25(29)21(16-20)17-28)22(4-2)19-9-6-5-7-10-19/h3,5-17,28H,4,29H2,1-2H3/b8-3+,26-22-,28-17?. The van der Waals surface area contributed by atoms with Crippen molar-refractivity contribution in [1.29, 1.82) is 5.41 Å². The Hall–Kier alpha value is -3.46. The zero-order valence-corrected chi connectivity index (χ0v) is 16.7. The molecule has 0 unspecified atom stereocenters. The molecule has 2 nitrogen and oxygen atoms in total. The average molecular weight is 384 g/mol. The normalized spacial score (nSPS) is 12.1. The van der Waals surface area contributed by atoms with Crippen LogP contribution in [-0.4, -0.2) is 6.21 Å². The molecule has 3 N–H and O–H groups in total. The first-order valence-electron chi connectivity index (χ1n) is 9.70. The van der Waals surface area contributed by atoms with Gasteiger partial charge in [-0.25, -0.2) is 4.39 Å². The van der Waals surface area contributed by atoms with Crippen molar-refractivity contribution in [2.24, 2.45) is 0 Å². The van der Waals surface area contributed by atoms with Crippen LogP contribution in [0.15, 0.2) is 72.8 Å². The first-order chi connectivity index (χ1) is 14.1. The van der Waals surface area contributed by atoms with Crippen LogP contribution in [0.5, 0.6) is 0 Å². The number of nitrogen functional groups attached to an aromatic ring is 1. The second-order valence-corrected chi connectivity index (χ2v) is 6.80. The molecule has 0 aliphatic rings.